The number of carbonyl (C=O) groups is 2. The number of esters is 1. The summed E-state index contributed by atoms with van der Waals surface area (Å²) in [4.78, 5) is 23.5. The molecule has 1 aliphatic carbocycles. The number of ether oxygens (including phenoxy) is 2. The van der Waals surface area contributed by atoms with Gasteiger partial charge in [-0.2, -0.15) is 0 Å². The molecule has 0 aliphatic heterocycles. The lowest BCUT2D eigenvalue weighted by atomic mass is 9.87. The van der Waals surface area contributed by atoms with Gasteiger partial charge in [-0.05, 0) is 55.4 Å². The van der Waals surface area contributed by atoms with E-state index in [-0.39, 0.29) is 24.3 Å². The number of rotatable bonds is 6. The fraction of sp³-hybridized carbons (Fsp3) is 0.474. The van der Waals surface area contributed by atoms with E-state index in [4.69, 9.17) is 9.47 Å². The first-order chi connectivity index (χ1) is 12.0. The topological polar surface area (TPSA) is 84.9 Å². The molecule has 0 spiro atoms. The maximum Gasteiger partial charge on any atom is 0.331 e. The second-order valence-corrected chi connectivity index (χ2v) is 6.40. The van der Waals surface area contributed by atoms with E-state index in [0.29, 0.717) is 11.3 Å². The maximum atomic E-state index is 11.8. The van der Waals surface area contributed by atoms with Crippen molar-refractivity contribution in [1.82, 2.24) is 5.32 Å². The standard InChI is InChI=1S/C19H25NO5/c1-13-3-7-15(8-4-13)20-18(22)12-25-19(23)10-6-14-5-9-16(21)17(11-14)24-2/h5-6,9-11,13,15,21H,3-4,7-8,12H2,1-2H3,(H,20,22)/b10-6+. The van der Waals surface area contributed by atoms with Crippen LogP contribution in [0.5, 0.6) is 11.5 Å². The van der Waals surface area contributed by atoms with E-state index in [1.807, 2.05) is 0 Å². The van der Waals surface area contributed by atoms with Crippen LogP contribution >= 0.6 is 0 Å². The van der Waals surface area contributed by atoms with Gasteiger partial charge in [0.05, 0.1) is 7.11 Å². The predicted molar refractivity (Wildman–Crippen MR) is 94.2 cm³/mol. The summed E-state index contributed by atoms with van der Waals surface area (Å²) >= 11 is 0. The van der Waals surface area contributed by atoms with Gasteiger partial charge >= 0.3 is 5.97 Å². The van der Waals surface area contributed by atoms with Crippen LogP contribution in [0.3, 0.4) is 0 Å². The molecule has 0 saturated heterocycles. The minimum Gasteiger partial charge on any atom is -0.504 e. The molecule has 0 radical (unpaired) electrons. The first-order valence-electron chi connectivity index (χ1n) is 8.49. The van der Waals surface area contributed by atoms with E-state index in [0.717, 1.165) is 31.6 Å². The van der Waals surface area contributed by atoms with E-state index >= 15 is 0 Å². The second-order valence-electron chi connectivity index (χ2n) is 6.40. The zero-order valence-electron chi connectivity index (χ0n) is 14.7. The lowest BCUT2D eigenvalue weighted by molar-refractivity contribution is -0.144. The van der Waals surface area contributed by atoms with Crippen molar-refractivity contribution in [2.75, 3.05) is 13.7 Å². The van der Waals surface area contributed by atoms with Crippen LogP contribution in [0, 0.1) is 5.92 Å². The highest BCUT2D eigenvalue weighted by molar-refractivity contribution is 5.89. The molecular weight excluding hydrogens is 322 g/mol. The first-order valence-corrected chi connectivity index (χ1v) is 8.49. The summed E-state index contributed by atoms with van der Waals surface area (Å²) < 4.78 is 9.95. The lowest BCUT2D eigenvalue weighted by Crippen LogP contribution is -2.39. The Hall–Kier alpha value is -2.50. The van der Waals surface area contributed by atoms with Gasteiger partial charge < -0.3 is 19.9 Å². The third-order valence-electron chi connectivity index (χ3n) is 4.34. The molecule has 1 fully saturated rings. The van der Waals surface area contributed by atoms with Gasteiger partial charge in [0.2, 0.25) is 0 Å². The molecule has 0 bridgehead atoms. The molecule has 0 atom stereocenters. The van der Waals surface area contributed by atoms with Crippen LogP contribution in [-0.4, -0.2) is 36.7 Å². The lowest BCUT2D eigenvalue weighted by Gasteiger charge is -2.26. The summed E-state index contributed by atoms with van der Waals surface area (Å²) in [6.07, 6.45) is 6.95. The van der Waals surface area contributed by atoms with Crippen LogP contribution < -0.4 is 10.1 Å². The Kier molecular flexibility index (Phi) is 6.86. The van der Waals surface area contributed by atoms with Crippen LogP contribution in [0.2, 0.25) is 0 Å². The average Bonchev–Trinajstić information content (AvgIpc) is 2.61. The van der Waals surface area contributed by atoms with E-state index < -0.39 is 5.97 Å². The molecular formula is C19H25NO5. The van der Waals surface area contributed by atoms with E-state index in [9.17, 15) is 14.7 Å². The molecule has 1 aliphatic rings. The van der Waals surface area contributed by atoms with Crippen LogP contribution in [0.1, 0.15) is 38.2 Å². The number of benzene rings is 1. The molecule has 136 valence electrons. The second kappa shape index (κ2) is 9.11. The van der Waals surface area contributed by atoms with Gasteiger partial charge in [0.1, 0.15) is 0 Å². The van der Waals surface area contributed by atoms with Gasteiger partial charge in [-0.15, -0.1) is 0 Å². The number of amides is 1. The van der Waals surface area contributed by atoms with Gasteiger partial charge in [-0.1, -0.05) is 13.0 Å². The normalized spacial score (nSPS) is 20.2. The maximum absolute atomic E-state index is 11.8. The highest BCUT2D eigenvalue weighted by atomic mass is 16.5. The molecule has 1 saturated carbocycles. The minimum atomic E-state index is -0.598. The van der Waals surface area contributed by atoms with Crippen molar-refractivity contribution in [2.45, 2.75) is 38.6 Å². The van der Waals surface area contributed by atoms with E-state index in [1.54, 1.807) is 12.1 Å². The molecule has 0 heterocycles. The molecule has 0 aromatic heterocycles. The van der Waals surface area contributed by atoms with E-state index in [1.165, 1.54) is 25.3 Å². The van der Waals surface area contributed by atoms with Crippen molar-refractivity contribution in [3.8, 4) is 11.5 Å². The average molecular weight is 347 g/mol. The van der Waals surface area contributed by atoms with E-state index in [2.05, 4.69) is 12.2 Å². The number of carbonyl (C=O) groups excluding carboxylic acids is 2. The van der Waals surface area contributed by atoms with Crippen molar-refractivity contribution >= 4 is 18.0 Å². The SMILES string of the molecule is COc1cc(/C=C/C(=O)OCC(=O)NC2CCC(C)CC2)ccc1O. The van der Waals surface area contributed by atoms with Crippen LogP contribution in [0.25, 0.3) is 6.08 Å². The Morgan fingerprint density at radius 1 is 1.28 bits per heavy atom. The Morgan fingerprint density at radius 2 is 2.00 bits per heavy atom. The molecule has 1 aromatic carbocycles. The molecule has 0 unspecified atom stereocenters. The summed E-state index contributed by atoms with van der Waals surface area (Å²) in [7, 11) is 1.45. The van der Waals surface area contributed by atoms with Crippen molar-refractivity contribution < 1.29 is 24.2 Å². The number of aromatic hydroxyl groups is 1. The number of hydrogen-bond donors (Lipinski definition) is 2. The largest absolute Gasteiger partial charge is 0.504 e. The quantitative estimate of drug-likeness (QED) is 0.610. The fourth-order valence-electron chi connectivity index (χ4n) is 2.82. The zero-order valence-corrected chi connectivity index (χ0v) is 14.7. The fourth-order valence-corrected chi connectivity index (χ4v) is 2.82. The van der Waals surface area contributed by atoms with Crippen molar-refractivity contribution in [3.05, 3.63) is 29.8 Å². The Balaban J connectivity index is 1.75. The third-order valence-corrected chi connectivity index (χ3v) is 4.34. The smallest absolute Gasteiger partial charge is 0.331 e. The number of nitrogens with one attached hydrogen (secondary N) is 1. The molecule has 2 N–H and O–H groups in total. The molecule has 6 nitrogen and oxygen atoms in total. The Bertz CT molecular complexity index is 633. The number of phenols is 1. The Labute approximate surface area is 147 Å². The number of hydrogen-bond acceptors (Lipinski definition) is 5. The van der Waals surface area contributed by atoms with Gasteiger partial charge in [0.25, 0.3) is 5.91 Å². The van der Waals surface area contributed by atoms with Crippen LogP contribution in [-0.2, 0) is 14.3 Å². The van der Waals surface area contributed by atoms with Gasteiger partial charge in [-0.25, -0.2) is 4.79 Å². The number of phenolic OH excluding ortho intramolecular Hbond substituents is 1. The van der Waals surface area contributed by atoms with Gasteiger partial charge in [-0.3, -0.25) is 4.79 Å². The summed E-state index contributed by atoms with van der Waals surface area (Å²) in [5.74, 6) is 0.189. The zero-order chi connectivity index (χ0) is 18.2. The molecule has 25 heavy (non-hydrogen) atoms. The Morgan fingerprint density at radius 3 is 2.68 bits per heavy atom. The summed E-state index contributed by atoms with van der Waals surface area (Å²) in [6.45, 7) is 1.93. The highest BCUT2D eigenvalue weighted by Gasteiger charge is 2.19. The predicted octanol–water partition coefficient (Wildman–Crippen LogP) is 2.65. The van der Waals surface area contributed by atoms with Crippen molar-refractivity contribution in [1.29, 1.82) is 0 Å². The van der Waals surface area contributed by atoms with Crippen molar-refractivity contribution in [3.63, 3.8) is 0 Å². The van der Waals surface area contributed by atoms with Gasteiger partial charge in [0, 0.05) is 12.1 Å². The molecule has 1 aromatic rings. The third kappa shape index (κ3) is 6.14. The van der Waals surface area contributed by atoms with Crippen LogP contribution in [0.15, 0.2) is 24.3 Å². The summed E-state index contributed by atoms with van der Waals surface area (Å²) in [5.41, 5.74) is 0.673. The van der Waals surface area contributed by atoms with Gasteiger partial charge in [0.15, 0.2) is 18.1 Å². The molecule has 1 amide bonds. The number of methoxy groups -OCH3 is 1. The molecule has 6 heteroatoms. The first kappa shape index (κ1) is 18.8. The van der Waals surface area contributed by atoms with Crippen LogP contribution in [0.4, 0.5) is 0 Å². The summed E-state index contributed by atoms with van der Waals surface area (Å²) in [5, 5.41) is 12.4. The minimum absolute atomic E-state index is 0.0241. The van der Waals surface area contributed by atoms with Crippen molar-refractivity contribution in [2.24, 2.45) is 5.92 Å². The monoisotopic (exact) mass is 347 g/mol. The summed E-state index contributed by atoms with van der Waals surface area (Å²) in [6, 6.07) is 4.89. The molecule has 2 rings (SSSR count). The highest BCUT2D eigenvalue weighted by Crippen LogP contribution is 2.26.